The summed E-state index contributed by atoms with van der Waals surface area (Å²) in [6.45, 7) is 0.267. The van der Waals surface area contributed by atoms with Crippen LogP contribution in [0.5, 0.6) is 5.75 Å². The molecule has 1 aromatic carbocycles. The first-order valence-electron chi connectivity index (χ1n) is 12.6. The van der Waals surface area contributed by atoms with Gasteiger partial charge in [0.1, 0.15) is 17.8 Å². The molecule has 5 heterocycles. The maximum absolute atomic E-state index is 13.4. The number of hydrogen-bond acceptors (Lipinski definition) is 12. The molecular weight excluding hydrogens is 496 g/mol. The summed E-state index contributed by atoms with van der Waals surface area (Å²) in [5.74, 6) is -3.48. The molecule has 2 spiro atoms. The highest BCUT2D eigenvalue weighted by Gasteiger charge is 2.73. The average molecular weight is 525 g/mol. The normalized spacial score (nSPS) is 33.3. The molecular formula is C24H28N8O6. The molecule has 200 valence electrons. The lowest BCUT2D eigenvalue weighted by atomic mass is 9.84. The Balaban J connectivity index is 1.20. The van der Waals surface area contributed by atoms with E-state index < -0.39 is 35.5 Å². The first kappa shape index (κ1) is 23.2. The molecule has 38 heavy (non-hydrogen) atoms. The second-order valence-electron chi connectivity index (χ2n) is 10.9. The van der Waals surface area contributed by atoms with Crippen LogP contribution in [0, 0.1) is 0 Å². The number of rotatable bonds is 4. The molecule has 1 aromatic rings. The van der Waals surface area contributed by atoms with E-state index in [9.17, 15) is 24.6 Å². The third-order valence-corrected chi connectivity index (χ3v) is 8.81. The molecule has 1 saturated carbocycles. The number of amides is 3. The second-order valence-corrected chi connectivity index (χ2v) is 10.9. The third kappa shape index (κ3) is 2.86. The summed E-state index contributed by atoms with van der Waals surface area (Å²) >= 11 is 0. The van der Waals surface area contributed by atoms with E-state index in [1.807, 2.05) is 6.07 Å². The van der Waals surface area contributed by atoms with Gasteiger partial charge in [0, 0.05) is 30.4 Å². The van der Waals surface area contributed by atoms with Crippen molar-refractivity contribution in [2.75, 3.05) is 19.7 Å². The molecule has 14 heteroatoms. The number of hydrogen-bond donors (Lipinski definition) is 6. The van der Waals surface area contributed by atoms with Gasteiger partial charge in [-0.25, -0.2) is 9.98 Å². The van der Waals surface area contributed by atoms with Gasteiger partial charge < -0.3 is 42.0 Å². The first-order valence-corrected chi connectivity index (χ1v) is 12.6. The zero-order chi connectivity index (χ0) is 26.6. The molecule has 0 bridgehead atoms. The quantitative estimate of drug-likeness (QED) is 0.174. The van der Waals surface area contributed by atoms with Gasteiger partial charge in [0.25, 0.3) is 5.91 Å². The van der Waals surface area contributed by atoms with Crippen LogP contribution >= 0.6 is 0 Å². The summed E-state index contributed by atoms with van der Waals surface area (Å²) in [5.41, 5.74) is 11.8. The molecule has 14 nitrogen and oxygen atoms in total. The molecule has 3 amide bonds. The zero-order valence-electron chi connectivity index (χ0n) is 20.4. The van der Waals surface area contributed by atoms with Crippen LogP contribution in [0.1, 0.15) is 41.6 Å². The minimum atomic E-state index is -2.63. The summed E-state index contributed by atoms with van der Waals surface area (Å²) in [4.78, 5) is 49.3. The maximum Gasteiger partial charge on any atom is 0.255 e. The number of guanidine groups is 2. The number of carbonyl (C=O) groups excluding carboxylic acids is 3. The Kier molecular flexibility index (Phi) is 4.49. The van der Waals surface area contributed by atoms with Crippen molar-refractivity contribution in [1.82, 2.24) is 20.4 Å². The molecule has 7 rings (SSSR count). The van der Waals surface area contributed by atoms with E-state index in [4.69, 9.17) is 16.2 Å². The highest BCUT2D eigenvalue weighted by Crippen LogP contribution is 2.56. The maximum atomic E-state index is 13.4. The van der Waals surface area contributed by atoms with Gasteiger partial charge in [0.05, 0.1) is 24.8 Å². The van der Waals surface area contributed by atoms with E-state index in [0.29, 0.717) is 17.9 Å². The number of nitrogens with two attached hydrogens (primary N) is 2. The molecule has 1 aliphatic carbocycles. The summed E-state index contributed by atoms with van der Waals surface area (Å²) in [7, 11) is 0. The van der Waals surface area contributed by atoms with Crippen LogP contribution in [0.4, 0.5) is 0 Å². The smallest absolute Gasteiger partial charge is 0.255 e. The lowest BCUT2D eigenvalue weighted by molar-refractivity contribution is -0.230. The van der Waals surface area contributed by atoms with Gasteiger partial charge in [-0.2, -0.15) is 0 Å². The number of ether oxygens (including phenoxy) is 1. The largest absolute Gasteiger partial charge is 0.492 e. The van der Waals surface area contributed by atoms with Gasteiger partial charge in [0.2, 0.25) is 17.6 Å². The van der Waals surface area contributed by atoms with Crippen LogP contribution in [0.3, 0.4) is 0 Å². The van der Waals surface area contributed by atoms with Gasteiger partial charge in [-0.15, -0.1) is 0 Å². The standard InChI is InChI=1S/C24H28N8O6/c25-20-29-18-13(8-31-15(33)4-5-16(31)34)27-21(26)32-9-14(24(36,37)23(18,32)30-20)28-19(35)11-2-1-3-12-17(11)38-10-22(12)6-7-22/h1-3,13-14,18,36-37H,4-10H2,(H2,26,27)(H,28,35)(H3,25,29,30)/t13-,14?,18-,23-/m0/s1. The van der Waals surface area contributed by atoms with Crippen LogP contribution in [0.25, 0.3) is 0 Å². The van der Waals surface area contributed by atoms with Crippen molar-refractivity contribution >= 4 is 29.6 Å². The Labute approximate surface area is 216 Å². The van der Waals surface area contributed by atoms with Crippen molar-refractivity contribution in [3.05, 3.63) is 29.3 Å². The minimum absolute atomic E-state index is 0.0236. The number of likely N-dealkylation sites (tertiary alicyclic amines) is 1. The summed E-state index contributed by atoms with van der Waals surface area (Å²) in [5, 5.41) is 28.9. The fourth-order valence-corrected chi connectivity index (χ4v) is 6.63. The van der Waals surface area contributed by atoms with Crippen LogP contribution in [-0.4, -0.2) is 98.9 Å². The second kappa shape index (κ2) is 7.35. The summed E-state index contributed by atoms with van der Waals surface area (Å²) < 4.78 is 5.89. The fourth-order valence-electron chi connectivity index (χ4n) is 6.63. The lowest BCUT2D eigenvalue weighted by Gasteiger charge is -2.49. The van der Waals surface area contributed by atoms with Gasteiger partial charge in [-0.3, -0.25) is 19.3 Å². The number of benzene rings is 1. The lowest BCUT2D eigenvalue weighted by Crippen LogP contribution is -2.78. The van der Waals surface area contributed by atoms with E-state index >= 15 is 0 Å². The SMILES string of the molecule is NC1=N[C@H]2[C@H](CN3C(=O)CCC3=O)N=C(N)N3CC(NC(=O)c4cccc5c4OCC54CC4)C(O)(O)[C@]23N1. The molecule has 4 atom stereocenters. The molecule has 0 radical (unpaired) electrons. The van der Waals surface area contributed by atoms with Gasteiger partial charge in [-0.05, 0) is 18.9 Å². The highest BCUT2D eigenvalue weighted by atomic mass is 16.5. The number of imide groups is 1. The van der Waals surface area contributed by atoms with E-state index in [1.165, 1.54) is 4.90 Å². The monoisotopic (exact) mass is 524 g/mol. The van der Waals surface area contributed by atoms with Crippen molar-refractivity contribution in [1.29, 1.82) is 0 Å². The number of aliphatic imine (C=N–C) groups is 2. The molecule has 5 aliphatic heterocycles. The first-order chi connectivity index (χ1) is 18.1. The van der Waals surface area contributed by atoms with E-state index in [0.717, 1.165) is 23.3 Å². The van der Waals surface area contributed by atoms with Crippen molar-refractivity contribution in [2.24, 2.45) is 21.5 Å². The number of fused-ring (bicyclic) bond motifs is 2. The van der Waals surface area contributed by atoms with Crippen molar-refractivity contribution < 1.29 is 29.3 Å². The van der Waals surface area contributed by atoms with Crippen molar-refractivity contribution in [3.8, 4) is 5.75 Å². The van der Waals surface area contributed by atoms with E-state index in [1.54, 1.807) is 12.1 Å². The molecule has 3 fully saturated rings. The topological polar surface area (TPSA) is 208 Å². The van der Waals surface area contributed by atoms with Crippen LogP contribution < -0.4 is 26.8 Å². The number of carbonyl (C=O) groups is 3. The van der Waals surface area contributed by atoms with Crippen LogP contribution in [0.15, 0.2) is 28.2 Å². The average Bonchev–Trinajstić information content (AvgIpc) is 3.18. The van der Waals surface area contributed by atoms with Gasteiger partial charge in [-0.1, -0.05) is 12.1 Å². The Morgan fingerprint density at radius 3 is 2.63 bits per heavy atom. The molecule has 0 aromatic heterocycles. The van der Waals surface area contributed by atoms with Gasteiger partial charge >= 0.3 is 0 Å². The van der Waals surface area contributed by atoms with Crippen LogP contribution in [-0.2, 0) is 15.0 Å². The fraction of sp³-hybridized carbons (Fsp3) is 0.542. The van der Waals surface area contributed by atoms with Crippen molar-refractivity contribution in [3.63, 3.8) is 0 Å². The summed E-state index contributed by atoms with van der Waals surface area (Å²) in [6.07, 6.45) is 2.21. The van der Waals surface area contributed by atoms with Crippen LogP contribution in [0.2, 0.25) is 0 Å². The zero-order valence-corrected chi connectivity index (χ0v) is 20.4. The Morgan fingerprint density at radius 1 is 1.18 bits per heavy atom. The van der Waals surface area contributed by atoms with Gasteiger partial charge in [0.15, 0.2) is 17.6 Å². The molecule has 1 unspecified atom stereocenters. The predicted molar refractivity (Wildman–Crippen MR) is 131 cm³/mol. The molecule has 6 aliphatic rings. The van der Waals surface area contributed by atoms with Crippen molar-refractivity contribution in [2.45, 2.75) is 60.7 Å². The predicted octanol–water partition coefficient (Wildman–Crippen LogP) is -2.97. The highest BCUT2D eigenvalue weighted by molar-refractivity contribution is 6.02. The number of aliphatic hydroxyl groups is 2. The molecule has 2 saturated heterocycles. The summed E-state index contributed by atoms with van der Waals surface area (Å²) in [6, 6.07) is 2.25. The molecule has 8 N–H and O–H groups in total. The minimum Gasteiger partial charge on any atom is -0.492 e. The number of nitrogens with zero attached hydrogens (tertiary/aromatic N) is 4. The number of nitrogens with one attached hydrogen (secondary N) is 2. The number of para-hydroxylation sites is 1. The Bertz CT molecular complexity index is 1340. The Hall–Kier alpha value is -3.91. The third-order valence-electron chi connectivity index (χ3n) is 8.81. The Morgan fingerprint density at radius 2 is 1.92 bits per heavy atom. The van der Waals surface area contributed by atoms with E-state index in [-0.39, 0.29) is 55.1 Å². The van der Waals surface area contributed by atoms with E-state index in [2.05, 4.69) is 20.6 Å².